The summed E-state index contributed by atoms with van der Waals surface area (Å²) in [4.78, 5) is 16.5. The summed E-state index contributed by atoms with van der Waals surface area (Å²) < 4.78 is 0. The van der Waals surface area contributed by atoms with Crippen LogP contribution >= 0.6 is 11.3 Å². The van der Waals surface area contributed by atoms with Crippen molar-refractivity contribution in [1.82, 2.24) is 15.6 Å². The van der Waals surface area contributed by atoms with Crippen LogP contribution in [0.4, 0.5) is 0 Å². The number of likely N-dealkylation sites (N-methyl/N-ethyl adjacent to an activating group) is 1. The lowest BCUT2D eigenvalue weighted by molar-refractivity contribution is 0.0954. The number of carbonyl (C=O) groups excluding carboxylic acids is 1. The van der Waals surface area contributed by atoms with Gasteiger partial charge in [0, 0.05) is 35.3 Å². The van der Waals surface area contributed by atoms with E-state index < -0.39 is 0 Å². The smallest absolute Gasteiger partial charge is 0.251 e. The summed E-state index contributed by atoms with van der Waals surface area (Å²) in [6.45, 7) is 6.34. The Hall–Kier alpha value is -1.72. The predicted octanol–water partition coefficient (Wildman–Crippen LogP) is 2.46. The summed E-state index contributed by atoms with van der Waals surface area (Å²) in [5.41, 5.74) is 2.67. The summed E-state index contributed by atoms with van der Waals surface area (Å²) in [6.07, 6.45) is 0. The molecule has 4 nitrogen and oxygen atoms in total. The molecule has 106 valence electrons. The van der Waals surface area contributed by atoms with E-state index in [2.05, 4.69) is 15.6 Å². The van der Waals surface area contributed by atoms with Gasteiger partial charge >= 0.3 is 0 Å². The molecule has 2 aromatic rings. The number of nitrogens with one attached hydrogen (secondary N) is 2. The average molecular weight is 289 g/mol. The molecule has 0 spiro atoms. The van der Waals surface area contributed by atoms with E-state index in [9.17, 15) is 4.79 Å². The van der Waals surface area contributed by atoms with Gasteiger partial charge in [0.2, 0.25) is 0 Å². The average Bonchev–Trinajstić information content (AvgIpc) is 2.90. The monoisotopic (exact) mass is 289 g/mol. The number of hydrogen-bond donors (Lipinski definition) is 2. The van der Waals surface area contributed by atoms with Crippen LogP contribution in [0.3, 0.4) is 0 Å². The van der Waals surface area contributed by atoms with Crippen molar-refractivity contribution in [2.24, 2.45) is 0 Å². The van der Waals surface area contributed by atoms with E-state index >= 15 is 0 Å². The van der Waals surface area contributed by atoms with E-state index in [1.54, 1.807) is 11.3 Å². The fourth-order valence-corrected chi connectivity index (χ4v) is 2.62. The van der Waals surface area contributed by atoms with Gasteiger partial charge in [0.25, 0.3) is 5.91 Å². The van der Waals surface area contributed by atoms with Gasteiger partial charge in [-0.25, -0.2) is 4.98 Å². The number of amides is 1. The van der Waals surface area contributed by atoms with Crippen molar-refractivity contribution in [1.29, 1.82) is 0 Å². The molecule has 2 rings (SSSR count). The molecule has 1 amide bonds. The van der Waals surface area contributed by atoms with E-state index in [1.165, 1.54) is 0 Å². The number of rotatable bonds is 6. The molecule has 0 bridgehead atoms. The minimum absolute atomic E-state index is 0.0435. The Labute approximate surface area is 123 Å². The van der Waals surface area contributed by atoms with Crippen LogP contribution in [0, 0.1) is 6.92 Å². The number of thiazole rings is 1. The third-order valence-corrected chi connectivity index (χ3v) is 3.84. The summed E-state index contributed by atoms with van der Waals surface area (Å²) in [6, 6.07) is 7.59. The van der Waals surface area contributed by atoms with Crippen LogP contribution < -0.4 is 10.6 Å². The molecule has 0 aliphatic carbocycles. The SMILES string of the molecule is CCNCCNC(=O)c1cccc(-c2nc(C)cs2)c1. The van der Waals surface area contributed by atoms with Crippen molar-refractivity contribution in [3.63, 3.8) is 0 Å². The molecule has 0 saturated carbocycles. The highest BCUT2D eigenvalue weighted by Crippen LogP contribution is 2.24. The van der Waals surface area contributed by atoms with E-state index in [0.717, 1.165) is 29.4 Å². The summed E-state index contributed by atoms with van der Waals surface area (Å²) in [5.74, 6) is -0.0435. The molecule has 1 aromatic heterocycles. The maximum atomic E-state index is 12.0. The molecular weight excluding hydrogens is 270 g/mol. The van der Waals surface area contributed by atoms with E-state index in [0.29, 0.717) is 12.1 Å². The van der Waals surface area contributed by atoms with Crippen LogP contribution in [0.1, 0.15) is 23.0 Å². The fourth-order valence-electron chi connectivity index (χ4n) is 1.82. The molecule has 0 unspecified atom stereocenters. The van der Waals surface area contributed by atoms with Gasteiger partial charge in [-0.05, 0) is 25.6 Å². The second-order valence-electron chi connectivity index (χ2n) is 4.48. The van der Waals surface area contributed by atoms with Gasteiger partial charge in [0.05, 0.1) is 0 Å². The van der Waals surface area contributed by atoms with E-state index in [-0.39, 0.29) is 5.91 Å². The van der Waals surface area contributed by atoms with Gasteiger partial charge in [-0.15, -0.1) is 11.3 Å². The van der Waals surface area contributed by atoms with Gasteiger partial charge in [0.15, 0.2) is 0 Å². The zero-order chi connectivity index (χ0) is 14.4. The Bertz CT molecular complexity index is 580. The third kappa shape index (κ3) is 3.88. The molecule has 1 aromatic carbocycles. The number of benzene rings is 1. The summed E-state index contributed by atoms with van der Waals surface area (Å²) >= 11 is 1.59. The van der Waals surface area contributed by atoms with Crippen LogP contribution in [-0.2, 0) is 0 Å². The van der Waals surface area contributed by atoms with Gasteiger partial charge in [-0.2, -0.15) is 0 Å². The Morgan fingerprint density at radius 3 is 2.90 bits per heavy atom. The number of nitrogens with zero attached hydrogens (tertiary/aromatic N) is 1. The van der Waals surface area contributed by atoms with Crippen LogP contribution in [0.25, 0.3) is 10.6 Å². The minimum atomic E-state index is -0.0435. The summed E-state index contributed by atoms with van der Waals surface area (Å²) in [7, 11) is 0. The van der Waals surface area contributed by atoms with Crippen molar-refractivity contribution in [2.45, 2.75) is 13.8 Å². The van der Waals surface area contributed by atoms with Crippen LogP contribution in [0.2, 0.25) is 0 Å². The second kappa shape index (κ2) is 7.17. The number of carbonyl (C=O) groups is 1. The Balaban J connectivity index is 2.04. The molecule has 0 saturated heterocycles. The highest BCUT2D eigenvalue weighted by atomic mass is 32.1. The van der Waals surface area contributed by atoms with E-state index in [4.69, 9.17) is 0 Å². The highest BCUT2D eigenvalue weighted by molar-refractivity contribution is 7.13. The van der Waals surface area contributed by atoms with Gasteiger partial charge in [-0.3, -0.25) is 4.79 Å². The fraction of sp³-hybridized carbons (Fsp3) is 0.333. The Morgan fingerprint density at radius 2 is 2.20 bits per heavy atom. The van der Waals surface area contributed by atoms with Gasteiger partial charge < -0.3 is 10.6 Å². The molecule has 0 atom stereocenters. The van der Waals surface area contributed by atoms with Crippen LogP contribution in [0.15, 0.2) is 29.6 Å². The zero-order valence-electron chi connectivity index (χ0n) is 11.8. The van der Waals surface area contributed by atoms with Crippen molar-refractivity contribution in [2.75, 3.05) is 19.6 Å². The highest BCUT2D eigenvalue weighted by Gasteiger charge is 2.08. The maximum Gasteiger partial charge on any atom is 0.251 e. The lowest BCUT2D eigenvalue weighted by Crippen LogP contribution is -2.31. The molecule has 1 heterocycles. The van der Waals surface area contributed by atoms with Crippen molar-refractivity contribution in [3.05, 3.63) is 40.9 Å². The number of aryl methyl sites for hydroxylation is 1. The first-order valence-electron chi connectivity index (χ1n) is 6.72. The van der Waals surface area contributed by atoms with E-state index in [1.807, 2.05) is 43.5 Å². The molecule has 0 radical (unpaired) electrons. The Morgan fingerprint density at radius 1 is 1.35 bits per heavy atom. The van der Waals surface area contributed by atoms with Crippen molar-refractivity contribution >= 4 is 17.2 Å². The standard InChI is InChI=1S/C15H19N3OS/c1-3-16-7-8-17-14(19)12-5-4-6-13(9-12)15-18-11(2)10-20-15/h4-6,9-10,16H,3,7-8H2,1-2H3,(H,17,19). The van der Waals surface area contributed by atoms with Gasteiger partial charge in [-0.1, -0.05) is 19.1 Å². The Kier molecular flexibility index (Phi) is 5.26. The van der Waals surface area contributed by atoms with Crippen LogP contribution in [-0.4, -0.2) is 30.5 Å². The number of aromatic nitrogens is 1. The number of hydrogen-bond acceptors (Lipinski definition) is 4. The van der Waals surface area contributed by atoms with Gasteiger partial charge in [0.1, 0.15) is 5.01 Å². The van der Waals surface area contributed by atoms with Crippen LogP contribution in [0.5, 0.6) is 0 Å². The first kappa shape index (κ1) is 14.7. The third-order valence-electron chi connectivity index (χ3n) is 2.83. The van der Waals surface area contributed by atoms with Crippen molar-refractivity contribution in [3.8, 4) is 10.6 Å². The van der Waals surface area contributed by atoms with Crippen molar-refractivity contribution < 1.29 is 4.79 Å². The molecule has 0 fully saturated rings. The topological polar surface area (TPSA) is 54.0 Å². The normalized spacial score (nSPS) is 10.5. The molecular formula is C15H19N3OS. The molecule has 5 heteroatoms. The first-order valence-corrected chi connectivity index (χ1v) is 7.60. The molecule has 2 N–H and O–H groups in total. The molecule has 0 aliphatic rings. The minimum Gasteiger partial charge on any atom is -0.351 e. The first-order chi connectivity index (χ1) is 9.70. The zero-order valence-corrected chi connectivity index (χ0v) is 12.6. The maximum absolute atomic E-state index is 12.0. The molecule has 0 aliphatic heterocycles. The largest absolute Gasteiger partial charge is 0.351 e. The molecule has 20 heavy (non-hydrogen) atoms. The predicted molar refractivity (Wildman–Crippen MR) is 83.2 cm³/mol. The lowest BCUT2D eigenvalue weighted by Gasteiger charge is -2.06. The lowest BCUT2D eigenvalue weighted by atomic mass is 10.1. The quantitative estimate of drug-likeness (QED) is 0.803. The summed E-state index contributed by atoms with van der Waals surface area (Å²) in [5, 5.41) is 9.03. The second-order valence-corrected chi connectivity index (χ2v) is 5.34.